The summed E-state index contributed by atoms with van der Waals surface area (Å²) in [5.74, 6) is 0.102. The predicted molar refractivity (Wildman–Crippen MR) is 229 cm³/mol. The van der Waals surface area contributed by atoms with E-state index in [0.29, 0.717) is 0 Å². The van der Waals surface area contributed by atoms with E-state index in [0.717, 1.165) is 21.9 Å². The summed E-state index contributed by atoms with van der Waals surface area (Å²) in [6, 6.07) is 71.1. The largest absolute Gasteiger partial charge is 0.456 e. The van der Waals surface area contributed by atoms with E-state index in [1.54, 1.807) is 0 Å². The fraction of sp³-hybridized carbons (Fsp3) is 0.0189. The minimum absolute atomic E-state index is 0.102. The minimum atomic E-state index is 0.102. The molecule has 12 rings (SSSR count). The molecule has 2 nitrogen and oxygen atoms in total. The Bertz CT molecular complexity index is 3330. The number of para-hydroxylation sites is 3. The highest BCUT2D eigenvalue weighted by molar-refractivity contribution is 6.11. The zero-order valence-corrected chi connectivity index (χ0v) is 29.9. The second-order valence-corrected chi connectivity index (χ2v) is 14.8. The van der Waals surface area contributed by atoms with Gasteiger partial charge >= 0.3 is 0 Å². The number of fused-ring (bicyclic) bond motifs is 10. The summed E-state index contributed by atoms with van der Waals surface area (Å²) in [7, 11) is 0. The van der Waals surface area contributed by atoms with Crippen molar-refractivity contribution in [2.45, 2.75) is 5.92 Å². The molecule has 0 spiro atoms. The van der Waals surface area contributed by atoms with Crippen LogP contribution in [0.1, 0.15) is 22.6 Å². The molecule has 55 heavy (non-hydrogen) atoms. The zero-order chi connectivity index (χ0) is 36.0. The molecule has 11 aromatic rings. The average Bonchev–Trinajstić information content (AvgIpc) is 3.90. The normalized spacial score (nSPS) is 13.6. The SMILES string of the molecule is c1ccc(-n2c3ccccc3c3ccc(-c4ccc5c(c4)C(c4cccc6c(-c7ccc8oc9ccccc9c8c7)cccc46)c4ccccc4-5)cc32)cc1. The summed E-state index contributed by atoms with van der Waals surface area (Å²) in [4.78, 5) is 0. The van der Waals surface area contributed by atoms with E-state index in [-0.39, 0.29) is 5.92 Å². The van der Waals surface area contributed by atoms with Gasteiger partial charge < -0.3 is 8.98 Å². The van der Waals surface area contributed by atoms with Crippen LogP contribution in [0.4, 0.5) is 0 Å². The van der Waals surface area contributed by atoms with Crippen molar-refractivity contribution in [2.75, 3.05) is 0 Å². The van der Waals surface area contributed by atoms with Crippen LogP contribution in [0, 0.1) is 0 Å². The molecule has 1 atom stereocenters. The Labute approximate surface area is 318 Å². The van der Waals surface area contributed by atoms with Crippen LogP contribution >= 0.6 is 0 Å². The van der Waals surface area contributed by atoms with Crippen LogP contribution in [0.25, 0.3) is 93.6 Å². The summed E-state index contributed by atoms with van der Waals surface area (Å²) in [6.07, 6.45) is 0. The number of hydrogen-bond donors (Lipinski definition) is 0. The second kappa shape index (κ2) is 11.7. The van der Waals surface area contributed by atoms with E-state index in [1.807, 2.05) is 12.1 Å². The van der Waals surface area contributed by atoms with E-state index in [4.69, 9.17) is 4.42 Å². The first-order valence-electron chi connectivity index (χ1n) is 19.0. The first-order chi connectivity index (χ1) is 27.3. The average molecular weight is 700 g/mol. The van der Waals surface area contributed by atoms with Gasteiger partial charge in [-0.05, 0) is 109 Å². The van der Waals surface area contributed by atoms with Gasteiger partial charge in [0.1, 0.15) is 11.2 Å². The van der Waals surface area contributed by atoms with Gasteiger partial charge in [-0.2, -0.15) is 0 Å². The van der Waals surface area contributed by atoms with Crippen LogP contribution < -0.4 is 0 Å². The maximum atomic E-state index is 6.19. The molecule has 2 heteroatoms. The van der Waals surface area contributed by atoms with Crippen LogP contribution in [0.2, 0.25) is 0 Å². The molecular weight excluding hydrogens is 667 g/mol. The molecule has 0 saturated heterocycles. The van der Waals surface area contributed by atoms with Crippen molar-refractivity contribution in [3.63, 3.8) is 0 Å². The standard InChI is InChI=1S/C53H33NO/c1-2-12-36(13-3-1)54-49-22-8-6-15-42(49)43-28-25-34(32-50(43)54)33-24-27-41-39-14-4-5-17-45(39)53(48(41)30-33)46-21-11-19-38-37(18-10-20-40(38)46)35-26-29-52-47(31-35)44-16-7-9-23-51(44)55-52/h1-32,53H. The van der Waals surface area contributed by atoms with Crippen molar-refractivity contribution >= 4 is 54.5 Å². The van der Waals surface area contributed by atoms with Gasteiger partial charge in [-0.1, -0.05) is 146 Å². The maximum absolute atomic E-state index is 6.19. The molecule has 256 valence electrons. The molecule has 2 aromatic heterocycles. The van der Waals surface area contributed by atoms with Crippen molar-refractivity contribution < 1.29 is 4.42 Å². The number of aromatic nitrogens is 1. The summed E-state index contributed by atoms with van der Waals surface area (Å²) in [6.45, 7) is 0. The van der Waals surface area contributed by atoms with E-state index < -0.39 is 0 Å². The Morgan fingerprint density at radius 2 is 0.964 bits per heavy atom. The molecule has 0 bridgehead atoms. The van der Waals surface area contributed by atoms with Gasteiger partial charge in [0.05, 0.1) is 11.0 Å². The predicted octanol–water partition coefficient (Wildman–Crippen LogP) is 14.3. The van der Waals surface area contributed by atoms with Gasteiger partial charge in [0, 0.05) is 33.2 Å². The third kappa shape index (κ3) is 4.49. The van der Waals surface area contributed by atoms with Gasteiger partial charge in [-0.15, -0.1) is 0 Å². The molecular formula is C53H33NO. The Morgan fingerprint density at radius 3 is 1.91 bits per heavy atom. The fourth-order valence-corrected chi connectivity index (χ4v) is 9.46. The van der Waals surface area contributed by atoms with Crippen molar-refractivity contribution in [2.24, 2.45) is 0 Å². The lowest BCUT2D eigenvalue weighted by Crippen LogP contribution is -2.01. The van der Waals surface area contributed by atoms with Gasteiger partial charge in [0.2, 0.25) is 0 Å². The zero-order valence-electron chi connectivity index (χ0n) is 29.9. The molecule has 0 amide bonds. The molecule has 0 saturated carbocycles. The Hall–Kier alpha value is -7.16. The van der Waals surface area contributed by atoms with Crippen LogP contribution in [0.5, 0.6) is 0 Å². The topological polar surface area (TPSA) is 18.1 Å². The second-order valence-electron chi connectivity index (χ2n) is 14.8. The van der Waals surface area contributed by atoms with Gasteiger partial charge in [-0.3, -0.25) is 0 Å². The van der Waals surface area contributed by atoms with E-state index in [1.165, 1.54) is 88.3 Å². The fourth-order valence-electron chi connectivity index (χ4n) is 9.46. The molecule has 0 radical (unpaired) electrons. The van der Waals surface area contributed by atoms with Crippen LogP contribution in [0.3, 0.4) is 0 Å². The highest BCUT2D eigenvalue weighted by atomic mass is 16.3. The number of nitrogens with zero attached hydrogens (tertiary/aromatic N) is 1. The van der Waals surface area contributed by atoms with Crippen molar-refractivity contribution in [3.8, 4) is 39.1 Å². The number of furan rings is 1. The number of rotatable bonds is 4. The van der Waals surface area contributed by atoms with Crippen molar-refractivity contribution in [1.82, 2.24) is 4.57 Å². The summed E-state index contributed by atoms with van der Waals surface area (Å²) < 4.78 is 8.59. The molecule has 0 N–H and O–H groups in total. The Kier molecular flexibility index (Phi) is 6.43. The van der Waals surface area contributed by atoms with Crippen LogP contribution in [0.15, 0.2) is 199 Å². The van der Waals surface area contributed by atoms with Crippen molar-refractivity contribution in [1.29, 1.82) is 0 Å². The maximum Gasteiger partial charge on any atom is 0.135 e. The molecule has 2 heterocycles. The first-order valence-corrected chi connectivity index (χ1v) is 19.0. The third-order valence-corrected chi connectivity index (χ3v) is 11.9. The molecule has 1 unspecified atom stereocenters. The lowest BCUT2D eigenvalue weighted by molar-refractivity contribution is 0.669. The highest BCUT2D eigenvalue weighted by Gasteiger charge is 2.31. The number of hydrogen-bond acceptors (Lipinski definition) is 1. The van der Waals surface area contributed by atoms with Crippen LogP contribution in [-0.2, 0) is 0 Å². The van der Waals surface area contributed by atoms with Gasteiger partial charge in [0.15, 0.2) is 0 Å². The van der Waals surface area contributed by atoms with E-state index >= 15 is 0 Å². The third-order valence-electron chi connectivity index (χ3n) is 11.9. The van der Waals surface area contributed by atoms with E-state index in [9.17, 15) is 0 Å². The summed E-state index contributed by atoms with van der Waals surface area (Å²) in [5, 5.41) is 7.37. The molecule has 0 fully saturated rings. The monoisotopic (exact) mass is 699 g/mol. The number of benzene rings is 9. The smallest absolute Gasteiger partial charge is 0.135 e. The lowest BCUT2D eigenvalue weighted by atomic mass is 9.84. The highest BCUT2D eigenvalue weighted by Crippen LogP contribution is 2.51. The summed E-state index contributed by atoms with van der Waals surface area (Å²) >= 11 is 0. The quantitative estimate of drug-likeness (QED) is 0.179. The van der Waals surface area contributed by atoms with Crippen molar-refractivity contribution in [3.05, 3.63) is 211 Å². The minimum Gasteiger partial charge on any atom is -0.456 e. The molecule has 1 aliphatic carbocycles. The van der Waals surface area contributed by atoms with E-state index in [2.05, 4.69) is 187 Å². The first kappa shape index (κ1) is 30.3. The van der Waals surface area contributed by atoms with Gasteiger partial charge in [-0.25, -0.2) is 0 Å². The molecule has 1 aliphatic rings. The Morgan fingerprint density at radius 1 is 0.327 bits per heavy atom. The van der Waals surface area contributed by atoms with Crippen LogP contribution in [-0.4, -0.2) is 4.57 Å². The lowest BCUT2D eigenvalue weighted by Gasteiger charge is -2.19. The van der Waals surface area contributed by atoms with Gasteiger partial charge in [0.25, 0.3) is 0 Å². The molecule has 0 aliphatic heterocycles. The summed E-state index contributed by atoms with van der Waals surface area (Å²) in [5.41, 5.74) is 17.0. The molecule has 9 aromatic carbocycles. The Balaban J connectivity index is 1.03.